The van der Waals surface area contributed by atoms with Gasteiger partial charge in [-0.15, -0.1) is 6.58 Å². The smallest absolute Gasteiger partial charge is 0.137 e. The average Bonchev–Trinajstić information content (AvgIpc) is 2.32. The van der Waals surface area contributed by atoms with Crippen LogP contribution in [0.15, 0.2) is 30.9 Å². The van der Waals surface area contributed by atoms with Crippen molar-refractivity contribution >= 4 is 29.0 Å². The second-order valence-corrected chi connectivity index (χ2v) is 5.18. The van der Waals surface area contributed by atoms with Crippen molar-refractivity contribution in [3.8, 4) is 0 Å². The van der Waals surface area contributed by atoms with Gasteiger partial charge < -0.3 is 0 Å². The van der Waals surface area contributed by atoms with E-state index >= 15 is 0 Å². The first-order valence-corrected chi connectivity index (χ1v) is 6.95. The molecule has 0 radical (unpaired) electrons. The molecule has 0 aromatic heterocycles. The molecule has 0 spiro atoms. The lowest BCUT2D eigenvalue weighted by Crippen LogP contribution is -2.03. The van der Waals surface area contributed by atoms with Gasteiger partial charge in [-0.25, -0.2) is 0 Å². The zero-order valence-electron chi connectivity index (χ0n) is 10.4. The highest BCUT2D eigenvalue weighted by atomic mass is 35.5. The van der Waals surface area contributed by atoms with Crippen LogP contribution in [-0.4, -0.2) is 5.78 Å². The summed E-state index contributed by atoms with van der Waals surface area (Å²) in [6.07, 6.45) is 7.09. The summed E-state index contributed by atoms with van der Waals surface area (Å²) >= 11 is 11.8. The van der Waals surface area contributed by atoms with Crippen LogP contribution in [-0.2, 0) is 11.2 Å². The number of hydrogen-bond donors (Lipinski definition) is 0. The second kappa shape index (κ2) is 8.34. The molecule has 1 aromatic rings. The predicted octanol–water partition coefficient (Wildman–Crippen LogP) is 5.24. The number of allylic oxidation sites excluding steroid dienone is 1. The minimum Gasteiger partial charge on any atom is -0.299 e. The number of carbonyl (C=O) groups is 1. The minimum atomic E-state index is 0.234. The number of ketones is 1. The van der Waals surface area contributed by atoms with Crippen LogP contribution in [0.2, 0.25) is 10.0 Å². The Morgan fingerprint density at radius 1 is 1.22 bits per heavy atom. The van der Waals surface area contributed by atoms with Crippen molar-refractivity contribution in [1.82, 2.24) is 0 Å². The van der Waals surface area contributed by atoms with Gasteiger partial charge in [0.25, 0.3) is 0 Å². The maximum absolute atomic E-state index is 11.8. The molecule has 1 rings (SSSR count). The molecule has 98 valence electrons. The first kappa shape index (κ1) is 15.3. The summed E-state index contributed by atoms with van der Waals surface area (Å²) in [5.41, 5.74) is 0.858. The Kier molecular flexibility index (Phi) is 7.07. The lowest BCUT2D eigenvalue weighted by molar-refractivity contribution is -0.118. The van der Waals surface area contributed by atoms with E-state index in [2.05, 4.69) is 6.58 Å². The highest BCUT2D eigenvalue weighted by Crippen LogP contribution is 2.22. The van der Waals surface area contributed by atoms with E-state index < -0.39 is 0 Å². The Bertz CT molecular complexity index is 413. The number of benzene rings is 1. The van der Waals surface area contributed by atoms with Crippen molar-refractivity contribution in [3.05, 3.63) is 46.5 Å². The summed E-state index contributed by atoms with van der Waals surface area (Å²) in [4.78, 5) is 11.8. The summed E-state index contributed by atoms with van der Waals surface area (Å²) in [5.74, 6) is 0.234. The number of Topliss-reactive ketones (excluding diaryl/α,β-unsaturated/α-hetero) is 1. The number of rotatable bonds is 8. The third-order valence-electron chi connectivity index (χ3n) is 2.77. The van der Waals surface area contributed by atoms with Crippen LogP contribution in [0.25, 0.3) is 0 Å². The number of hydrogen-bond acceptors (Lipinski definition) is 1. The van der Waals surface area contributed by atoms with E-state index in [9.17, 15) is 4.79 Å². The first-order chi connectivity index (χ1) is 8.63. The van der Waals surface area contributed by atoms with Crippen LogP contribution >= 0.6 is 23.2 Å². The molecule has 1 aromatic carbocycles. The fraction of sp³-hybridized carbons (Fsp3) is 0.400. The van der Waals surface area contributed by atoms with Gasteiger partial charge in [0.05, 0.1) is 0 Å². The molecule has 0 unspecified atom stereocenters. The molecule has 0 aliphatic carbocycles. The Labute approximate surface area is 119 Å². The van der Waals surface area contributed by atoms with E-state index in [1.165, 1.54) is 0 Å². The van der Waals surface area contributed by atoms with Gasteiger partial charge in [-0.1, -0.05) is 41.8 Å². The van der Waals surface area contributed by atoms with E-state index in [0.29, 0.717) is 22.9 Å². The SMILES string of the molecule is C=CCCCCCC(=O)Cc1ccc(Cl)cc1Cl. The largest absolute Gasteiger partial charge is 0.299 e. The molecule has 0 fully saturated rings. The lowest BCUT2D eigenvalue weighted by Gasteiger charge is -2.04. The molecule has 3 heteroatoms. The van der Waals surface area contributed by atoms with Gasteiger partial charge in [0.2, 0.25) is 0 Å². The van der Waals surface area contributed by atoms with Gasteiger partial charge >= 0.3 is 0 Å². The van der Waals surface area contributed by atoms with Crippen molar-refractivity contribution in [1.29, 1.82) is 0 Å². The second-order valence-electron chi connectivity index (χ2n) is 4.34. The van der Waals surface area contributed by atoms with Gasteiger partial charge in [-0.2, -0.15) is 0 Å². The Morgan fingerprint density at radius 2 is 2.00 bits per heavy atom. The van der Waals surface area contributed by atoms with Crippen LogP contribution in [0.4, 0.5) is 0 Å². The fourth-order valence-corrected chi connectivity index (χ4v) is 2.23. The van der Waals surface area contributed by atoms with E-state index in [-0.39, 0.29) is 5.78 Å². The van der Waals surface area contributed by atoms with Crippen molar-refractivity contribution in [2.45, 2.75) is 38.5 Å². The lowest BCUT2D eigenvalue weighted by atomic mass is 10.0. The van der Waals surface area contributed by atoms with Gasteiger partial charge in [-0.05, 0) is 37.0 Å². The van der Waals surface area contributed by atoms with Crippen molar-refractivity contribution in [2.24, 2.45) is 0 Å². The van der Waals surface area contributed by atoms with E-state index in [4.69, 9.17) is 23.2 Å². The molecule has 0 aliphatic rings. The highest BCUT2D eigenvalue weighted by Gasteiger charge is 2.07. The molecule has 18 heavy (non-hydrogen) atoms. The van der Waals surface area contributed by atoms with Crippen LogP contribution in [0, 0.1) is 0 Å². The zero-order valence-corrected chi connectivity index (χ0v) is 11.9. The third kappa shape index (κ3) is 5.70. The number of halogens is 2. The number of unbranched alkanes of at least 4 members (excludes halogenated alkanes) is 3. The molecule has 0 bridgehead atoms. The summed E-state index contributed by atoms with van der Waals surface area (Å²) < 4.78 is 0. The molecule has 0 atom stereocenters. The number of carbonyl (C=O) groups excluding carboxylic acids is 1. The third-order valence-corrected chi connectivity index (χ3v) is 3.35. The maximum atomic E-state index is 11.8. The zero-order chi connectivity index (χ0) is 13.4. The first-order valence-electron chi connectivity index (χ1n) is 6.20. The van der Waals surface area contributed by atoms with E-state index in [0.717, 1.165) is 31.2 Å². The maximum Gasteiger partial charge on any atom is 0.137 e. The average molecular weight is 285 g/mol. The van der Waals surface area contributed by atoms with Gasteiger partial charge in [-0.3, -0.25) is 4.79 Å². The van der Waals surface area contributed by atoms with Gasteiger partial charge in [0, 0.05) is 22.9 Å². The monoisotopic (exact) mass is 284 g/mol. The Hall–Kier alpha value is -0.790. The van der Waals surface area contributed by atoms with Crippen LogP contribution in [0.1, 0.15) is 37.7 Å². The molecule has 0 saturated heterocycles. The normalized spacial score (nSPS) is 10.3. The highest BCUT2D eigenvalue weighted by molar-refractivity contribution is 6.35. The molecule has 0 amide bonds. The van der Waals surface area contributed by atoms with Crippen LogP contribution in [0.5, 0.6) is 0 Å². The van der Waals surface area contributed by atoms with Crippen LogP contribution < -0.4 is 0 Å². The Balaban J connectivity index is 2.33. The van der Waals surface area contributed by atoms with Crippen molar-refractivity contribution in [3.63, 3.8) is 0 Å². The van der Waals surface area contributed by atoms with Crippen molar-refractivity contribution in [2.75, 3.05) is 0 Å². The van der Waals surface area contributed by atoms with Crippen molar-refractivity contribution < 1.29 is 4.79 Å². The molecule has 0 heterocycles. The summed E-state index contributed by atoms with van der Waals surface area (Å²) in [6.45, 7) is 3.67. The molecule has 0 saturated carbocycles. The van der Waals surface area contributed by atoms with E-state index in [1.54, 1.807) is 12.1 Å². The van der Waals surface area contributed by atoms with Crippen LogP contribution in [0.3, 0.4) is 0 Å². The van der Waals surface area contributed by atoms with E-state index in [1.807, 2.05) is 12.1 Å². The standard InChI is InChI=1S/C15H18Cl2O/c1-2-3-4-5-6-7-14(18)10-12-8-9-13(16)11-15(12)17/h2,8-9,11H,1,3-7,10H2. The Morgan fingerprint density at radius 3 is 2.67 bits per heavy atom. The predicted molar refractivity (Wildman–Crippen MR) is 78.5 cm³/mol. The van der Waals surface area contributed by atoms with Gasteiger partial charge in [0.1, 0.15) is 5.78 Å². The van der Waals surface area contributed by atoms with Gasteiger partial charge in [0.15, 0.2) is 0 Å². The molecule has 0 N–H and O–H groups in total. The molecular formula is C15H18Cl2O. The summed E-state index contributed by atoms with van der Waals surface area (Å²) in [5, 5.41) is 1.17. The molecule has 0 aliphatic heterocycles. The quantitative estimate of drug-likeness (QED) is 0.471. The minimum absolute atomic E-state index is 0.234. The fourth-order valence-electron chi connectivity index (χ4n) is 1.75. The topological polar surface area (TPSA) is 17.1 Å². The summed E-state index contributed by atoms with van der Waals surface area (Å²) in [7, 11) is 0. The summed E-state index contributed by atoms with van der Waals surface area (Å²) in [6, 6.07) is 5.26. The molecular weight excluding hydrogens is 267 g/mol. The molecule has 1 nitrogen and oxygen atoms in total.